The first-order valence-electron chi connectivity index (χ1n) is 6.77. The summed E-state index contributed by atoms with van der Waals surface area (Å²) >= 11 is 0. The molecule has 1 aliphatic rings. The average Bonchev–Trinajstić information content (AvgIpc) is 2.57. The zero-order chi connectivity index (χ0) is 16.7. The molecule has 2 rings (SSSR count). The van der Waals surface area contributed by atoms with Gasteiger partial charge in [-0.1, -0.05) is 0 Å². The van der Waals surface area contributed by atoms with Crippen LogP contribution in [0.4, 0.5) is 8.78 Å². The molecule has 0 saturated carbocycles. The summed E-state index contributed by atoms with van der Waals surface area (Å²) < 4.78 is 40.8. The molecule has 5 nitrogen and oxygen atoms in total. The molecule has 1 amide bonds. The molecule has 0 unspecified atom stereocenters. The average molecular weight is 313 g/mol. The van der Waals surface area contributed by atoms with Crippen LogP contribution in [0.1, 0.15) is 38.1 Å². The Kier molecular flexibility index (Phi) is 4.19. The molecule has 1 aliphatic heterocycles. The summed E-state index contributed by atoms with van der Waals surface area (Å²) in [6, 6.07) is 3.95. The van der Waals surface area contributed by atoms with Gasteiger partial charge >= 0.3 is 13.7 Å². The van der Waals surface area contributed by atoms with Gasteiger partial charge in [-0.05, 0) is 51.4 Å². The first kappa shape index (κ1) is 16.7. The molecule has 120 valence electrons. The maximum Gasteiger partial charge on any atom is 0.494 e. The predicted molar refractivity (Wildman–Crippen MR) is 77.3 cm³/mol. The highest BCUT2D eigenvalue weighted by Gasteiger charge is 2.51. The fourth-order valence-corrected chi connectivity index (χ4v) is 2.05. The summed E-state index contributed by atoms with van der Waals surface area (Å²) in [4.78, 5) is 11.4. The molecule has 0 atom stereocenters. The second-order valence-electron chi connectivity index (χ2n) is 6.12. The van der Waals surface area contributed by atoms with E-state index in [1.165, 1.54) is 12.1 Å². The first-order valence-corrected chi connectivity index (χ1v) is 6.77. The quantitative estimate of drug-likeness (QED) is 0.859. The van der Waals surface area contributed by atoms with Crippen molar-refractivity contribution in [3.05, 3.63) is 23.8 Å². The van der Waals surface area contributed by atoms with E-state index in [0.717, 1.165) is 6.07 Å². The van der Waals surface area contributed by atoms with Crippen LogP contribution in [0.5, 0.6) is 5.75 Å². The van der Waals surface area contributed by atoms with E-state index in [4.69, 9.17) is 15.0 Å². The molecule has 1 saturated heterocycles. The molecule has 1 aromatic carbocycles. The van der Waals surface area contributed by atoms with Crippen LogP contribution in [-0.4, -0.2) is 30.8 Å². The number of carbonyl (C=O) groups excluding carboxylic acids is 1. The van der Waals surface area contributed by atoms with Crippen LogP contribution in [0.15, 0.2) is 18.2 Å². The van der Waals surface area contributed by atoms with Crippen molar-refractivity contribution < 1.29 is 27.6 Å². The number of primary amides is 1. The molecule has 1 heterocycles. The summed E-state index contributed by atoms with van der Waals surface area (Å²) in [6.45, 7) is 4.45. The normalized spacial score (nSPS) is 19.5. The monoisotopic (exact) mass is 313 g/mol. The number of ether oxygens (including phenoxy) is 1. The lowest BCUT2D eigenvalue weighted by Gasteiger charge is -2.32. The van der Waals surface area contributed by atoms with E-state index in [2.05, 4.69) is 4.74 Å². The number of alkyl halides is 2. The van der Waals surface area contributed by atoms with Crippen molar-refractivity contribution in [3.8, 4) is 5.75 Å². The molecular weight excluding hydrogens is 295 g/mol. The minimum atomic E-state index is -3.01. The van der Waals surface area contributed by atoms with Gasteiger partial charge in [0.15, 0.2) is 0 Å². The third-order valence-electron chi connectivity index (χ3n) is 3.96. The van der Waals surface area contributed by atoms with Gasteiger partial charge in [-0.2, -0.15) is 8.78 Å². The Labute approximate surface area is 127 Å². The predicted octanol–water partition coefficient (Wildman–Crippen LogP) is 1.69. The molecule has 0 radical (unpaired) electrons. The fourth-order valence-electron chi connectivity index (χ4n) is 2.05. The van der Waals surface area contributed by atoms with Gasteiger partial charge in [0, 0.05) is 5.56 Å². The summed E-state index contributed by atoms with van der Waals surface area (Å²) in [6.07, 6.45) is 0. The molecule has 0 aliphatic carbocycles. The van der Waals surface area contributed by atoms with Crippen molar-refractivity contribution in [2.24, 2.45) is 5.73 Å². The SMILES string of the molecule is CC1(C)OB(c2cc(OC(F)F)cc(C(N)=O)c2)OC1(C)C. The van der Waals surface area contributed by atoms with Gasteiger partial charge in [0.25, 0.3) is 0 Å². The van der Waals surface area contributed by atoms with Gasteiger partial charge in [0.1, 0.15) is 5.75 Å². The summed E-state index contributed by atoms with van der Waals surface area (Å²) in [7, 11) is -0.802. The highest BCUT2D eigenvalue weighted by Crippen LogP contribution is 2.36. The topological polar surface area (TPSA) is 70.8 Å². The highest BCUT2D eigenvalue weighted by atomic mass is 19.3. The molecule has 1 aromatic rings. The lowest BCUT2D eigenvalue weighted by Crippen LogP contribution is -2.41. The van der Waals surface area contributed by atoms with Gasteiger partial charge in [0.2, 0.25) is 5.91 Å². The number of hydrogen-bond acceptors (Lipinski definition) is 4. The third-order valence-corrected chi connectivity index (χ3v) is 3.96. The number of benzene rings is 1. The van der Waals surface area contributed by atoms with Crippen LogP contribution in [0.25, 0.3) is 0 Å². The van der Waals surface area contributed by atoms with Crippen molar-refractivity contribution in [2.75, 3.05) is 0 Å². The third kappa shape index (κ3) is 3.22. The Balaban J connectivity index is 2.39. The van der Waals surface area contributed by atoms with Crippen LogP contribution in [0, 0.1) is 0 Å². The molecule has 2 N–H and O–H groups in total. The first-order chi connectivity index (χ1) is 10.0. The summed E-state index contributed by atoms with van der Waals surface area (Å²) in [5, 5.41) is 0. The van der Waals surface area contributed by atoms with E-state index in [1.807, 2.05) is 27.7 Å². The van der Waals surface area contributed by atoms with Crippen molar-refractivity contribution in [1.29, 1.82) is 0 Å². The Bertz CT molecular complexity index is 576. The number of carbonyl (C=O) groups is 1. The van der Waals surface area contributed by atoms with E-state index in [-0.39, 0.29) is 11.3 Å². The van der Waals surface area contributed by atoms with E-state index in [9.17, 15) is 13.6 Å². The molecular formula is C14H18BF2NO4. The van der Waals surface area contributed by atoms with Crippen LogP contribution in [-0.2, 0) is 9.31 Å². The Morgan fingerprint density at radius 2 is 1.73 bits per heavy atom. The van der Waals surface area contributed by atoms with Crippen LogP contribution in [0.2, 0.25) is 0 Å². The number of halogens is 2. The van der Waals surface area contributed by atoms with Gasteiger partial charge in [0.05, 0.1) is 11.2 Å². The minimum absolute atomic E-state index is 0.0443. The summed E-state index contributed by atoms with van der Waals surface area (Å²) in [5.41, 5.74) is 4.48. The molecule has 0 bridgehead atoms. The largest absolute Gasteiger partial charge is 0.494 e. The Morgan fingerprint density at radius 1 is 1.18 bits per heavy atom. The van der Waals surface area contributed by atoms with Crippen LogP contribution >= 0.6 is 0 Å². The van der Waals surface area contributed by atoms with Crippen molar-refractivity contribution in [3.63, 3.8) is 0 Å². The van der Waals surface area contributed by atoms with Gasteiger partial charge in [-0.25, -0.2) is 0 Å². The van der Waals surface area contributed by atoms with Crippen molar-refractivity contribution in [2.45, 2.75) is 45.5 Å². The maximum atomic E-state index is 12.4. The van der Waals surface area contributed by atoms with Crippen molar-refractivity contribution in [1.82, 2.24) is 0 Å². The second kappa shape index (κ2) is 5.51. The van der Waals surface area contributed by atoms with E-state index >= 15 is 0 Å². The number of amides is 1. The zero-order valence-electron chi connectivity index (χ0n) is 12.9. The van der Waals surface area contributed by atoms with Crippen molar-refractivity contribution >= 4 is 18.5 Å². The standard InChI is InChI=1S/C14H18BF2NO4/c1-13(2)14(3,4)22-15(21-13)9-5-8(11(18)19)6-10(7-9)20-12(16)17/h5-7,12H,1-4H3,(H2,18,19). The molecule has 8 heteroatoms. The van der Waals surface area contributed by atoms with Gasteiger partial charge in [-0.15, -0.1) is 0 Å². The zero-order valence-corrected chi connectivity index (χ0v) is 12.9. The highest BCUT2D eigenvalue weighted by molar-refractivity contribution is 6.62. The number of nitrogens with two attached hydrogens (primary N) is 1. The van der Waals surface area contributed by atoms with Crippen LogP contribution in [0.3, 0.4) is 0 Å². The van der Waals surface area contributed by atoms with Crippen LogP contribution < -0.4 is 15.9 Å². The molecule has 1 fully saturated rings. The molecule has 0 spiro atoms. The smallest absolute Gasteiger partial charge is 0.435 e. The molecule has 22 heavy (non-hydrogen) atoms. The fraction of sp³-hybridized carbons (Fsp3) is 0.500. The van der Waals surface area contributed by atoms with E-state index in [1.54, 1.807) is 0 Å². The van der Waals surface area contributed by atoms with Gasteiger partial charge in [-0.3, -0.25) is 4.79 Å². The Morgan fingerprint density at radius 3 is 2.18 bits per heavy atom. The minimum Gasteiger partial charge on any atom is -0.435 e. The maximum absolute atomic E-state index is 12.4. The lowest BCUT2D eigenvalue weighted by molar-refractivity contribution is -0.0498. The summed E-state index contributed by atoms with van der Waals surface area (Å²) in [5.74, 6) is -0.923. The second-order valence-corrected chi connectivity index (χ2v) is 6.12. The van der Waals surface area contributed by atoms with E-state index in [0.29, 0.717) is 5.46 Å². The number of hydrogen-bond donors (Lipinski definition) is 1. The molecule has 0 aromatic heterocycles. The lowest BCUT2D eigenvalue weighted by atomic mass is 9.78. The van der Waals surface area contributed by atoms with E-state index < -0.39 is 30.8 Å². The van der Waals surface area contributed by atoms with Gasteiger partial charge < -0.3 is 19.8 Å². The Hall–Kier alpha value is -1.67. The number of rotatable bonds is 4.